The number of amides is 1. The number of nitrogens with one attached hydrogen (secondary N) is 2. The lowest BCUT2D eigenvalue weighted by Crippen LogP contribution is -2.29. The second-order valence-corrected chi connectivity index (χ2v) is 4.76. The van der Waals surface area contributed by atoms with Gasteiger partial charge >= 0.3 is 0 Å². The number of carbonyl (C=O) groups excluding carboxylic acids is 1. The van der Waals surface area contributed by atoms with Crippen LogP contribution in [0.1, 0.15) is 24.8 Å². The zero-order valence-corrected chi connectivity index (χ0v) is 11.1. The molecule has 1 fully saturated rings. The van der Waals surface area contributed by atoms with Gasteiger partial charge in [-0.05, 0) is 18.9 Å². The Morgan fingerprint density at radius 3 is 2.89 bits per heavy atom. The number of ether oxygens (including phenoxy) is 1. The average molecular weight is 264 g/mol. The quantitative estimate of drug-likeness (QED) is 0.646. The second-order valence-electron chi connectivity index (χ2n) is 4.76. The van der Waals surface area contributed by atoms with E-state index in [-0.39, 0.29) is 11.7 Å². The van der Waals surface area contributed by atoms with E-state index in [1.165, 1.54) is 0 Å². The summed E-state index contributed by atoms with van der Waals surface area (Å²) in [6, 6.07) is 5.61. The van der Waals surface area contributed by atoms with E-state index in [1.54, 1.807) is 19.2 Å². The minimum atomic E-state index is 0.0916. The maximum atomic E-state index is 11.4. The van der Waals surface area contributed by atoms with Crippen LogP contribution in [-0.4, -0.2) is 30.7 Å². The normalized spacial score (nSPS) is 14.2. The van der Waals surface area contributed by atoms with E-state index in [9.17, 15) is 9.90 Å². The van der Waals surface area contributed by atoms with Gasteiger partial charge in [0.05, 0.1) is 7.11 Å². The number of carbonyl (C=O) groups is 1. The van der Waals surface area contributed by atoms with Crippen LogP contribution in [0.5, 0.6) is 11.5 Å². The van der Waals surface area contributed by atoms with Gasteiger partial charge in [0.15, 0.2) is 0 Å². The minimum Gasteiger partial charge on any atom is -0.507 e. The minimum absolute atomic E-state index is 0.0916. The van der Waals surface area contributed by atoms with Crippen molar-refractivity contribution in [1.82, 2.24) is 10.6 Å². The zero-order valence-electron chi connectivity index (χ0n) is 11.1. The molecule has 1 aromatic carbocycles. The average Bonchev–Trinajstić information content (AvgIpc) is 3.20. The van der Waals surface area contributed by atoms with Crippen molar-refractivity contribution in [1.29, 1.82) is 0 Å². The summed E-state index contributed by atoms with van der Waals surface area (Å²) in [6.45, 7) is 1.14. The third kappa shape index (κ3) is 4.44. The van der Waals surface area contributed by atoms with Gasteiger partial charge in [0, 0.05) is 37.2 Å². The van der Waals surface area contributed by atoms with Crippen molar-refractivity contribution in [2.75, 3.05) is 13.7 Å². The molecule has 1 aliphatic rings. The highest BCUT2D eigenvalue weighted by Crippen LogP contribution is 2.23. The van der Waals surface area contributed by atoms with E-state index in [4.69, 9.17) is 4.74 Å². The number of phenols is 1. The van der Waals surface area contributed by atoms with Crippen LogP contribution in [0.4, 0.5) is 0 Å². The predicted molar refractivity (Wildman–Crippen MR) is 72.1 cm³/mol. The standard InChI is InChI=1S/C14H20N2O3/c1-19-12-5-2-10(13(17)8-12)9-15-7-6-14(18)16-11-3-4-11/h2,5,8,11,15,17H,3-4,6-7,9H2,1H3,(H,16,18). The third-order valence-electron chi connectivity index (χ3n) is 3.08. The van der Waals surface area contributed by atoms with Gasteiger partial charge in [-0.2, -0.15) is 0 Å². The summed E-state index contributed by atoms with van der Waals surface area (Å²) in [6.07, 6.45) is 2.69. The molecule has 0 heterocycles. The molecule has 1 aromatic rings. The van der Waals surface area contributed by atoms with Gasteiger partial charge in [0.2, 0.25) is 5.91 Å². The highest BCUT2D eigenvalue weighted by atomic mass is 16.5. The lowest BCUT2D eigenvalue weighted by molar-refractivity contribution is -0.121. The zero-order chi connectivity index (χ0) is 13.7. The number of aromatic hydroxyl groups is 1. The first-order valence-electron chi connectivity index (χ1n) is 6.55. The van der Waals surface area contributed by atoms with Crippen LogP contribution in [0, 0.1) is 0 Å². The van der Waals surface area contributed by atoms with Crippen LogP contribution >= 0.6 is 0 Å². The van der Waals surface area contributed by atoms with Crippen LogP contribution < -0.4 is 15.4 Å². The summed E-state index contributed by atoms with van der Waals surface area (Å²) in [5, 5.41) is 15.8. The molecule has 0 spiro atoms. The van der Waals surface area contributed by atoms with Gasteiger partial charge in [-0.15, -0.1) is 0 Å². The molecular weight excluding hydrogens is 244 g/mol. The van der Waals surface area contributed by atoms with Crippen LogP contribution in [0.3, 0.4) is 0 Å². The van der Waals surface area contributed by atoms with Gasteiger partial charge in [-0.25, -0.2) is 0 Å². The van der Waals surface area contributed by atoms with Gasteiger partial charge in [-0.3, -0.25) is 4.79 Å². The lowest BCUT2D eigenvalue weighted by atomic mass is 10.2. The summed E-state index contributed by atoms with van der Waals surface area (Å²) in [5.74, 6) is 0.924. The van der Waals surface area contributed by atoms with Gasteiger partial charge in [-0.1, -0.05) is 6.07 Å². The van der Waals surface area contributed by atoms with E-state index >= 15 is 0 Å². The number of benzene rings is 1. The van der Waals surface area contributed by atoms with Crippen molar-refractivity contribution in [2.45, 2.75) is 31.8 Å². The summed E-state index contributed by atoms with van der Waals surface area (Å²) >= 11 is 0. The van der Waals surface area contributed by atoms with E-state index in [0.717, 1.165) is 18.4 Å². The Morgan fingerprint density at radius 1 is 1.47 bits per heavy atom. The molecule has 0 atom stereocenters. The predicted octanol–water partition coefficient (Wildman–Crippen LogP) is 1.16. The molecule has 5 heteroatoms. The van der Waals surface area contributed by atoms with E-state index in [1.807, 2.05) is 6.07 Å². The Balaban J connectivity index is 1.68. The number of rotatable bonds is 7. The highest BCUT2D eigenvalue weighted by molar-refractivity contribution is 5.76. The molecule has 19 heavy (non-hydrogen) atoms. The van der Waals surface area contributed by atoms with Gasteiger partial charge < -0.3 is 20.5 Å². The van der Waals surface area contributed by atoms with Crippen LogP contribution in [0.15, 0.2) is 18.2 Å². The molecule has 1 saturated carbocycles. The molecule has 0 bridgehead atoms. The molecule has 3 N–H and O–H groups in total. The fraction of sp³-hybridized carbons (Fsp3) is 0.500. The highest BCUT2D eigenvalue weighted by Gasteiger charge is 2.22. The molecule has 1 aliphatic carbocycles. The van der Waals surface area contributed by atoms with Crippen molar-refractivity contribution < 1.29 is 14.6 Å². The molecular formula is C14H20N2O3. The van der Waals surface area contributed by atoms with Gasteiger partial charge in [0.25, 0.3) is 0 Å². The van der Waals surface area contributed by atoms with Crippen molar-refractivity contribution in [2.24, 2.45) is 0 Å². The Morgan fingerprint density at radius 2 is 2.26 bits per heavy atom. The van der Waals surface area contributed by atoms with Crippen molar-refractivity contribution in [3.05, 3.63) is 23.8 Å². The molecule has 0 unspecified atom stereocenters. The fourth-order valence-electron chi connectivity index (χ4n) is 1.77. The smallest absolute Gasteiger partial charge is 0.221 e. The maximum absolute atomic E-state index is 11.4. The number of methoxy groups -OCH3 is 1. The van der Waals surface area contributed by atoms with E-state index in [2.05, 4.69) is 10.6 Å². The topological polar surface area (TPSA) is 70.6 Å². The SMILES string of the molecule is COc1ccc(CNCCC(=O)NC2CC2)c(O)c1. The van der Waals surface area contributed by atoms with Gasteiger partial charge in [0.1, 0.15) is 11.5 Å². The maximum Gasteiger partial charge on any atom is 0.221 e. The first-order chi connectivity index (χ1) is 9.19. The molecule has 0 aliphatic heterocycles. The summed E-state index contributed by atoms with van der Waals surface area (Å²) in [5.41, 5.74) is 0.795. The Labute approximate surface area is 113 Å². The second kappa shape index (κ2) is 6.43. The first-order valence-corrected chi connectivity index (χ1v) is 6.55. The monoisotopic (exact) mass is 264 g/mol. The van der Waals surface area contributed by atoms with Crippen LogP contribution in [0.25, 0.3) is 0 Å². The number of hydrogen-bond acceptors (Lipinski definition) is 4. The van der Waals surface area contributed by atoms with Crippen molar-refractivity contribution in [3.8, 4) is 11.5 Å². The summed E-state index contributed by atoms with van der Waals surface area (Å²) in [4.78, 5) is 11.4. The largest absolute Gasteiger partial charge is 0.507 e. The molecule has 0 aromatic heterocycles. The molecule has 0 radical (unpaired) electrons. The van der Waals surface area contributed by atoms with Crippen molar-refractivity contribution >= 4 is 5.91 Å². The molecule has 1 amide bonds. The van der Waals surface area contributed by atoms with Crippen LogP contribution in [0.2, 0.25) is 0 Å². The number of hydrogen-bond donors (Lipinski definition) is 3. The Hall–Kier alpha value is -1.75. The van der Waals surface area contributed by atoms with E-state index in [0.29, 0.717) is 31.3 Å². The van der Waals surface area contributed by atoms with E-state index < -0.39 is 0 Å². The first kappa shape index (κ1) is 13.7. The molecule has 0 saturated heterocycles. The lowest BCUT2D eigenvalue weighted by Gasteiger charge is -2.08. The summed E-state index contributed by atoms with van der Waals surface area (Å²) in [7, 11) is 1.56. The summed E-state index contributed by atoms with van der Waals surface area (Å²) < 4.78 is 5.02. The Bertz CT molecular complexity index is 444. The molecule has 5 nitrogen and oxygen atoms in total. The number of phenolic OH excluding ortho intramolecular Hbond substituents is 1. The van der Waals surface area contributed by atoms with Crippen molar-refractivity contribution in [3.63, 3.8) is 0 Å². The fourth-order valence-corrected chi connectivity index (χ4v) is 1.77. The molecule has 104 valence electrons. The Kier molecular flexibility index (Phi) is 4.63. The molecule has 2 rings (SSSR count). The third-order valence-corrected chi connectivity index (χ3v) is 3.08. The van der Waals surface area contributed by atoms with Crippen LogP contribution in [-0.2, 0) is 11.3 Å².